The Morgan fingerprint density at radius 3 is 2.81 bits per heavy atom. The van der Waals surface area contributed by atoms with Crippen molar-refractivity contribution in [2.75, 3.05) is 13.1 Å². The highest BCUT2D eigenvalue weighted by atomic mass is 32.1. The van der Waals surface area contributed by atoms with Gasteiger partial charge < -0.3 is 11.1 Å². The maximum absolute atomic E-state index is 11.2. The highest BCUT2D eigenvalue weighted by molar-refractivity contribution is 7.11. The molecule has 3 N–H and O–H groups in total. The summed E-state index contributed by atoms with van der Waals surface area (Å²) in [6.07, 6.45) is 2.18. The van der Waals surface area contributed by atoms with Crippen molar-refractivity contribution in [1.82, 2.24) is 5.32 Å². The molecule has 1 fully saturated rings. The molecule has 0 unspecified atom stereocenters. The third-order valence-corrected chi connectivity index (χ3v) is 4.04. The van der Waals surface area contributed by atoms with Gasteiger partial charge in [-0.05, 0) is 48.9 Å². The summed E-state index contributed by atoms with van der Waals surface area (Å²) in [6, 6.07) is 1.79. The summed E-state index contributed by atoms with van der Waals surface area (Å²) < 4.78 is 0. The van der Waals surface area contributed by atoms with E-state index in [1.54, 1.807) is 17.4 Å². The summed E-state index contributed by atoms with van der Waals surface area (Å²) in [6.45, 7) is 6.20. The number of rotatable bonds is 3. The predicted octanol–water partition coefficient (Wildman–Crippen LogP) is 1.86. The number of amides is 1. The Hall–Kier alpha value is -1.13. The second-order valence-electron chi connectivity index (χ2n) is 4.08. The van der Waals surface area contributed by atoms with E-state index in [4.69, 9.17) is 5.73 Å². The van der Waals surface area contributed by atoms with Gasteiger partial charge in [0.1, 0.15) is 0 Å². The van der Waals surface area contributed by atoms with Gasteiger partial charge in [0.15, 0.2) is 0 Å². The fourth-order valence-corrected chi connectivity index (χ4v) is 3.06. The smallest absolute Gasteiger partial charge is 0.250 e. The average molecular weight is 236 g/mol. The largest absolute Gasteiger partial charge is 0.366 e. The Bertz CT molecular complexity index is 405. The summed E-state index contributed by atoms with van der Waals surface area (Å²) in [7, 11) is 0. The molecule has 0 saturated carbocycles. The minimum atomic E-state index is -0.355. The van der Waals surface area contributed by atoms with Crippen LogP contribution in [0.2, 0.25) is 0 Å². The van der Waals surface area contributed by atoms with Crippen molar-refractivity contribution < 1.29 is 4.79 Å². The molecule has 0 atom stereocenters. The molecule has 1 aliphatic rings. The lowest BCUT2D eigenvalue weighted by Crippen LogP contribution is -2.28. The third kappa shape index (κ3) is 2.18. The second kappa shape index (κ2) is 4.80. The van der Waals surface area contributed by atoms with Gasteiger partial charge in [-0.2, -0.15) is 0 Å². The Morgan fingerprint density at radius 1 is 1.50 bits per heavy atom. The first-order valence-corrected chi connectivity index (χ1v) is 6.35. The minimum Gasteiger partial charge on any atom is -0.366 e. The van der Waals surface area contributed by atoms with E-state index in [0.29, 0.717) is 11.5 Å². The Balaban J connectivity index is 2.19. The average Bonchev–Trinajstić information content (AvgIpc) is 2.78. The number of nitrogens with one attached hydrogen (secondary N) is 1. The molecule has 0 bridgehead atoms. The first-order valence-electron chi connectivity index (χ1n) is 5.47. The third-order valence-electron chi connectivity index (χ3n) is 3.05. The number of hydrogen-bond donors (Lipinski definition) is 2. The van der Waals surface area contributed by atoms with Crippen LogP contribution in [-0.4, -0.2) is 19.0 Å². The fourth-order valence-electron chi connectivity index (χ4n) is 2.11. The van der Waals surface area contributed by atoms with Gasteiger partial charge in [0.2, 0.25) is 5.91 Å². The highest BCUT2D eigenvalue weighted by Crippen LogP contribution is 2.33. The van der Waals surface area contributed by atoms with Gasteiger partial charge in [-0.25, -0.2) is 0 Å². The molecule has 1 aliphatic heterocycles. The number of carbonyl (C=O) groups excluding carboxylic acids is 1. The second-order valence-corrected chi connectivity index (χ2v) is 4.99. The Labute approximate surface area is 99.3 Å². The molecule has 0 aromatic carbocycles. The van der Waals surface area contributed by atoms with E-state index >= 15 is 0 Å². The standard InChI is InChI=1S/C12H16N2OS/c1-8(9-2-5-14-6-3-9)11-10(12(13)15)4-7-16-11/h4,7,9,14H,1-3,5-6H2,(H2,13,15). The van der Waals surface area contributed by atoms with Gasteiger partial charge in [0.05, 0.1) is 5.56 Å². The topological polar surface area (TPSA) is 55.1 Å². The zero-order valence-corrected chi connectivity index (χ0v) is 9.98. The van der Waals surface area contributed by atoms with Crippen LogP contribution in [-0.2, 0) is 0 Å². The number of piperidine rings is 1. The van der Waals surface area contributed by atoms with Crippen molar-refractivity contribution in [3.05, 3.63) is 28.5 Å². The minimum absolute atomic E-state index is 0.355. The van der Waals surface area contributed by atoms with Crippen LogP contribution in [0.25, 0.3) is 5.57 Å². The maximum atomic E-state index is 11.2. The molecule has 0 radical (unpaired) electrons. The van der Waals surface area contributed by atoms with Crippen molar-refractivity contribution in [2.24, 2.45) is 11.7 Å². The van der Waals surface area contributed by atoms with Crippen LogP contribution in [0.3, 0.4) is 0 Å². The van der Waals surface area contributed by atoms with Crippen molar-refractivity contribution in [3.63, 3.8) is 0 Å². The molecule has 3 nitrogen and oxygen atoms in total. The van der Waals surface area contributed by atoms with E-state index < -0.39 is 0 Å². The van der Waals surface area contributed by atoms with E-state index in [9.17, 15) is 4.79 Å². The van der Waals surface area contributed by atoms with E-state index in [2.05, 4.69) is 11.9 Å². The zero-order chi connectivity index (χ0) is 11.5. The quantitative estimate of drug-likeness (QED) is 0.841. The van der Waals surface area contributed by atoms with Crippen molar-refractivity contribution in [2.45, 2.75) is 12.8 Å². The molecule has 2 heterocycles. The molecule has 1 aromatic rings. The molecule has 1 saturated heterocycles. The molecule has 0 spiro atoms. The molecule has 0 aliphatic carbocycles. The fraction of sp³-hybridized carbons (Fsp3) is 0.417. The van der Waals surface area contributed by atoms with Gasteiger partial charge in [0.25, 0.3) is 0 Å². The van der Waals surface area contributed by atoms with E-state index in [1.165, 1.54) is 0 Å². The SMILES string of the molecule is C=C(c1sccc1C(N)=O)C1CCNCC1. The summed E-state index contributed by atoms with van der Waals surface area (Å²) >= 11 is 1.56. The number of hydrogen-bond acceptors (Lipinski definition) is 3. The van der Waals surface area contributed by atoms with Crippen LogP contribution in [0.1, 0.15) is 28.1 Å². The lowest BCUT2D eigenvalue weighted by molar-refractivity contribution is 0.100. The molecule has 1 amide bonds. The summed E-state index contributed by atoms with van der Waals surface area (Å²) in [5.74, 6) is 0.129. The van der Waals surface area contributed by atoms with Gasteiger partial charge in [0, 0.05) is 4.88 Å². The van der Waals surface area contributed by atoms with E-state index in [-0.39, 0.29) is 5.91 Å². The molecule has 2 rings (SSSR count). The van der Waals surface area contributed by atoms with Gasteiger partial charge in [-0.1, -0.05) is 6.58 Å². The molecular weight excluding hydrogens is 220 g/mol. The van der Waals surface area contributed by atoms with Gasteiger partial charge >= 0.3 is 0 Å². The number of carbonyl (C=O) groups is 1. The summed E-state index contributed by atoms with van der Waals surface area (Å²) in [4.78, 5) is 12.2. The molecular formula is C12H16N2OS. The van der Waals surface area contributed by atoms with Crippen LogP contribution in [0.15, 0.2) is 18.0 Å². The van der Waals surface area contributed by atoms with Crippen LogP contribution in [0.4, 0.5) is 0 Å². The van der Waals surface area contributed by atoms with Gasteiger partial charge in [-0.15, -0.1) is 11.3 Å². The van der Waals surface area contributed by atoms with Gasteiger partial charge in [-0.3, -0.25) is 4.79 Å². The summed E-state index contributed by atoms with van der Waals surface area (Å²) in [5.41, 5.74) is 7.03. The van der Waals surface area contributed by atoms with E-state index in [0.717, 1.165) is 36.4 Å². The van der Waals surface area contributed by atoms with Crippen LogP contribution < -0.4 is 11.1 Å². The monoisotopic (exact) mass is 236 g/mol. The summed E-state index contributed by atoms with van der Waals surface area (Å²) in [5, 5.41) is 5.23. The van der Waals surface area contributed by atoms with E-state index in [1.807, 2.05) is 5.38 Å². The predicted molar refractivity (Wildman–Crippen MR) is 67.5 cm³/mol. The van der Waals surface area contributed by atoms with Crippen molar-refractivity contribution in [1.29, 1.82) is 0 Å². The van der Waals surface area contributed by atoms with Crippen LogP contribution in [0, 0.1) is 5.92 Å². The number of allylic oxidation sites excluding steroid dienone is 1. The Kier molecular flexibility index (Phi) is 3.41. The zero-order valence-electron chi connectivity index (χ0n) is 9.16. The maximum Gasteiger partial charge on any atom is 0.250 e. The highest BCUT2D eigenvalue weighted by Gasteiger charge is 2.21. The van der Waals surface area contributed by atoms with Crippen LogP contribution in [0.5, 0.6) is 0 Å². The molecule has 1 aromatic heterocycles. The number of thiophene rings is 1. The lowest BCUT2D eigenvalue weighted by atomic mass is 9.89. The number of nitrogens with two attached hydrogens (primary N) is 1. The first kappa shape index (κ1) is 11.4. The lowest BCUT2D eigenvalue weighted by Gasteiger charge is -2.24. The molecule has 4 heteroatoms. The molecule has 16 heavy (non-hydrogen) atoms. The number of primary amides is 1. The van der Waals surface area contributed by atoms with Crippen molar-refractivity contribution >= 4 is 22.8 Å². The first-order chi connectivity index (χ1) is 7.70. The molecule has 86 valence electrons. The normalized spacial score (nSPS) is 17.2. The van der Waals surface area contributed by atoms with Crippen molar-refractivity contribution in [3.8, 4) is 0 Å². The van der Waals surface area contributed by atoms with Crippen LogP contribution >= 0.6 is 11.3 Å². The Morgan fingerprint density at radius 2 is 2.19 bits per heavy atom.